The monoisotopic (exact) mass is 413 g/mol. The lowest BCUT2D eigenvalue weighted by Gasteiger charge is -2.15. The zero-order chi connectivity index (χ0) is 20.4. The van der Waals surface area contributed by atoms with Crippen molar-refractivity contribution >= 4 is 33.3 Å². The summed E-state index contributed by atoms with van der Waals surface area (Å²) < 4.78 is 41.0. The van der Waals surface area contributed by atoms with E-state index in [9.17, 15) is 18.0 Å². The maximum Gasteiger partial charge on any atom is 0.418 e. The molecule has 2 aromatic heterocycles. The van der Waals surface area contributed by atoms with Crippen molar-refractivity contribution in [1.82, 2.24) is 9.97 Å². The van der Waals surface area contributed by atoms with Gasteiger partial charge in [-0.2, -0.15) is 13.2 Å². The second-order valence-corrected chi connectivity index (χ2v) is 7.19. The van der Waals surface area contributed by atoms with Crippen LogP contribution in [0.3, 0.4) is 0 Å². The maximum atomic E-state index is 13.7. The molecule has 0 saturated carbocycles. The van der Waals surface area contributed by atoms with E-state index in [0.29, 0.717) is 27.2 Å². The maximum absolute atomic E-state index is 13.7. The highest BCUT2D eigenvalue weighted by Gasteiger charge is 2.35. The molecule has 146 valence electrons. The van der Waals surface area contributed by atoms with Gasteiger partial charge in [0.1, 0.15) is 0 Å². The largest absolute Gasteiger partial charge is 0.418 e. The van der Waals surface area contributed by atoms with E-state index in [4.69, 9.17) is 0 Å². The highest BCUT2D eigenvalue weighted by Crippen LogP contribution is 2.38. The number of amides is 1. The number of para-hydroxylation sites is 1. The van der Waals surface area contributed by atoms with E-state index < -0.39 is 11.7 Å². The van der Waals surface area contributed by atoms with Gasteiger partial charge in [-0.3, -0.25) is 4.79 Å². The number of pyridine rings is 1. The van der Waals surface area contributed by atoms with Gasteiger partial charge in [0.2, 0.25) is 5.91 Å². The summed E-state index contributed by atoms with van der Waals surface area (Å²) in [7, 11) is 0. The Labute approximate surface area is 168 Å². The Morgan fingerprint density at radius 3 is 2.55 bits per heavy atom. The first-order valence-corrected chi connectivity index (χ1v) is 9.54. The number of halogens is 3. The van der Waals surface area contributed by atoms with Crippen molar-refractivity contribution in [2.24, 2.45) is 0 Å². The summed E-state index contributed by atoms with van der Waals surface area (Å²) in [5.74, 6) is -0.310. The number of anilines is 1. The predicted octanol–water partition coefficient (Wildman–Crippen LogP) is 5.56. The molecular formula is C21H14F3N3OS. The number of aromatic nitrogens is 2. The predicted molar refractivity (Wildman–Crippen MR) is 107 cm³/mol. The SMILES string of the molecule is O=C(Cc1cccc2cc(C(F)(F)F)c(-c3ccccc3)nc12)Nc1nccs1. The van der Waals surface area contributed by atoms with Crippen molar-refractivity contribution in [3.05, 3.63) is 77.3 Å². The quantitative estimate of drug-likeness (QED) is 0.477. The van der Waals surface area contributed by atoms with Gasteiger partial charge in [-0.1, -0.05) is 48.5 Å². The molecule has 0 saturated heterocycles. The Morgan fingerprint density at radius 2 is 1.86 bits per heavy atom. The standard InChI is InChI=1S/C21H14F3N3OS/c22-21(23,24)16-11-14-7-4-8-15(12-17(28)26-20-25-9-10-29-20)18(14)27-19(16)13-5-2-1-3-6-13/h1-11H,12H2,(H,25,26,28). The van der Waals surface area contributed by atoms with Gasteiger partial charge in [0.15, 0.2) is 5.13 Å². The molecule has 0 aliphatic rings. The summed E-state index contributed by atoms with van der Waals surface area (Å²) >= 11 is 1.29. The van der Waals surface area contributed by atoms with Crippen LogP contribution in [0.1, 0.15) is 11.1 Å². The van der Waals surface area contributed by atoms with Gasteiger partial charge in [0.25, 0.3) is 0 Å². The van der Waals surface area contributed by atoms with Crippen LogP contribution in [0, 0.1) is 0 Å². The molecule has 0 unspecified atom stereocenters. The Bertz CT molecular complexity index is 1160. The Hall–Kier alpha value is -3.26. The first-order valence-electron chi connectivity index (χ1n) is 8.66. The number of thiazole rings is 1. The summed E-state index contributed by atoms with van der Waals surface area (Å²) in [5.41, 5.74) is 0.318. The average Bonchev–Trinajstić information content (AvgIpc) is 3.20. The molecule has 1 N–H and O–H groups in total. The Kier molecular flexibility index (Phi) is 5.02. The summed E-state index contributed by atoms with van der Waals surface area (Å²) in [6.45, 7) is 0. The van der Waals surface area contributed by atoms with E-state index in [1.54, 1.807) is 60.1 Å². The molecular weight excluding hydrogens is 399 g/mol. The first kappa shape index (κ1) is 19.1. The number of nitrogens with zero attached hydrogens (tertiary/aromatic N) is 2. The van der Waals surface area contributed by atoms with Crippen LogP contribution < -0.4 is 5.32 Å². The minimum Gasteiger partial charge on any atom is -0.302 e. The van der Waals surface area contributed by atoms with Gasteiger partial charge in [0, 0.05) is 22.5 Å². The highest BCUT2D eigenvalue weighted by molar-refractivity contribution is 7.13. The van der Waals surface area contributed by atoms with Crippen LogP contribution in [0.15, 0.2) is 66.2 Å². The van der Waals surface area contributed by atoms with E-state index in [1.807, 2.05) is 0 Å². The number of hydrogen-bond donors (Lipinski definition) is 1. The van der Waals surface area contributed by atoms with Gasteiger partial charge in [0.05, 0.1) is 23.2 Å². The fourth-order valence-corrected chi connectivity index (χ4v) is 3.60. The van der Waals surface area contributed by atoms with Crippen LogP contribution in [0.5, 0.6) is 0 Å². The van der Waals surface area contributed by atoms with E-state index in [2.05, 4.69) is 15.3 Å². The zero-order valence-corrected chi connectivity index (χ0v) is 15.7. The number of benzene rings is 2. The van der Waals surface area contributed by atoms with Gasteiger partial charge in [-0.25, -0.2) is 9.97 Å². The van der Waals surface area contributed by atoms with Crippen molar-refractivity contribution in [2.45, 2.75) is 12.6 Å². The fraction of sp³-hybridized carbons (Fsp3) is 0.0952. The summed E-state index contributed by atoms with van der Waals surface area (Å²) in [5, 5.41) is 5.21. The molecule has 0 spiro atoms. The number of carbonyl (C=O) groups excluding carboxylic acids is 1. The van der Waals surface area contributed by atoms with Crippen molar-refractivity contribution < 1.29 is 18.0 Å². The van der Waals surface area contributed by atoms with E-state index >= 15 is 0 Å². The number of rotatable bonds is 4. The Balaban J connectivity index is 1.80. The van der Waals surface area contributed by atoms with E-state index in [1.165, 1.54) is 11.3 Å². The fourth-order valence-electron chi connectivity index (χ4n) is 3.06. The van der Waals surface area contributed by atoms with Crippen LogP contribution in [0.4, 0.5) is 18.3 Å². The molecule has 0 atom stereocenters. The number of hydrogen-bond acceptors (Lipinski definition) is 4. The average molecular weight is 413 g/mol. The number of nitrogens with one attached hydrogen (secondary N) is 1. The molecule has 2 heterocycles. The minimum atomic E-state index is -4.55. The molecule has 0 fully saturated rings. The van der Waals surface area contributed by atoms with Gasteiger partial charge in [-0.05, 0) is 11.6 Å². The van der Waals surface area contributed by atoms with Crippen LogP contribution in [0.25, 0.3) is 22.2 Å². The van der Waals surface area contributed by atoms with Crippen LogP contribution in [-0.4, -0.2) is 15.9 Å². The van der Waals surface area contributed by atoms with Crippen LogP contribution in [0.2, 0.25) is 0 Å². The lowest BCUT2D eigenvalue weighted by molar-refractivity contribution is -0.137. The molecule has 0 radical (unpaired) electrons. The molecule has 4 rings (SSSR count). The third kappa shape index (κ3) is 4.12. The summed E-state index contributed by atoms with van der Waals surface area (Å²) in [6.07, 6.45) is -3.00. The normalized spacial score (nSPS) is 11.6. The molecule has 0 bridgehead atoms. The van der Waals surface area contributed by atoms with Crippen molar-refractivity contribution in [3.63, 3.8) is 0 Å². The Morgan fingerprint density at radius 1 is 1.07 bits per heavy atom. The molecule has 4 aromatic rings. The molecule has 4 nitrogen and oxygen atoms in total. The lowest BCUT2D eigenvalue weighted by Crippen LogP contribution is -2.15. The molecule has 29 heavy (non-hydrogen) atoms. The molecule has 2 aromatic carbocycles. The number of alkyl halides is 3. The van der Waals surface area contributed by atoms with E-state index in [-0.39, 0.29) is 18.0 Å². The second-order valence-electron chi connectivity index (χ2n) is 6.30. The van der Waals surface area contributed by atoms with Crippen molar-refractivity contribution in [2.75, 3.05) is 5.32 Å². The summed E-state index contributed by atoms with van der Waals surface area (Å²) in [4.78, 5) is 20.7. The van der Waals surface area contributed by atoms with Crippen molar-refractivity contribution in [3.8, 4) is 11.3 Å². The number of fused-ring (bicyclic) bond motifs is 1. The van der Waals surface area contributed by atoms with Crippen molar-refractivity contribution in [1.29, 1.82) is 0 Å². The third-order valence-electron chi connectivity index (χ3n) is 4.31. The van der Waals surface area contributed by atoms with Gasteiger partial charge < -0.3 is 5.32 Å². The second kappa shape index (κ2) is 7.63. The third-order valence-corrected chi connectivity index (χ3v) is 5.00. The first-order chi connectivity index (χ1) is 13.9. The van der Waals surface area contributed by atoms with Gasteiger partial charge >= 0.3 is 6.18 Å². The molecule has 8 heteroatoms. The van der Waals surface area contributed by atoms with Crippen LogP contribution in [-0.2, 0) is 17.4 Å². The van der Waals surface area contributed by atoms with Gasteiger partial charge in [-0.15, -0.1) is 11.3 Å². The van der Waals surface area contributed by atoms with E-state index in [0.717, 1.165) is 6.07 Å². The zero-order valence-electron chi connectivity index (χ0n) is 14.9. The minimum absolute atomic E-state index is 0.0243. The van der Waals surface area contributed by atoms with Crippen LogP contribution >= 0.6 is 11.3 Å². The molecule has 0 aliphatic carbocycles. The topological polar surface area (TPSA) is 54.9 Å². The lowest BCUT2D eigenvalue weighted by atomic mass is 10.00. The summed E-state index contributed by atoms with van der Waals surface area (Å²) in [6, 6.07) is 14.2. The highest BCUT2D eigenvalue weighted by atomic mass is 32.1. The number of carbonyl (C=O) groups is 1. The molecule has 0 aliphatic heterocycles. The smallest absolute Gasteiger partial charge is 0.302 e. The molecule has 1 amide bonds.